The number of hydrogen-bond donors (Lipinski definition) is 1. The number of carbonyl (C=O) groups excluding carboxylic acids is 1. The molecule has 10 heteroatoms. The fourth-order valence-electron chi connectivity index (χ4n) is 2.97. The summed E-state index contributed by atoms with van der Waals surface area (Å²) in [5.74, 6) is -1.74. The number of nitrogens with zero attached hydrogens (tertiary/aromatic N) is 2. The van der Waals surface area contributed by atoms with Crippen molar-refractivity contribution in [3.8, 4) is 11.8 Å². The average Bonchev–Trinajstić information content (AvgIpc) is 2.64. The first kappa shape index (κ1) is 19.8. The van der Waals surface area contributed by atoms with Crippen molar-refractivity contribution < 1.29 is 31.8 Å². The number of hydrogen-bond acceptors (Lipinski definition) is 5. The molecular weight excluding hydrogens is 382 g/mol. The van der Waals surface area contributed by atoms with Gasteiger partial charge in [-0.1, -0.05) is 12.1 Å². The molecule has 0 saturated heterocycles. The number of alkyl halides is 3. The molecule has 150 valence electrons. The minimum atomic E-state index is -4.88. The monoisotopic (exact) mass is 399 g/mol. The van der Waals surface area contributed by atoms with E-state index in [9.17, 15) is 22.4 Å². The second-order valence-electron chi connectivity index (χ2n) is 6.29. The van der Waals surface area contributed by atoms with Gasteiger partial charge in [-0.15, -0.1) is 13.2 Å². The summed E-state index contributed by atoms with van der Waals surface area (Å²) in [7, 11) is 0. The van der Waals surface area contributed by atoms with Gasteiger partial charge >= 0.3 is 12.4 Å². The molecule has 3 rings (SSSR count). The van der Waals surface area contributed by atoms with E-state index in [1.54, 1.807) is 0 Å². The molecular formula is C18H17F4N3O3. The molecule has 1 aromatic carbocycles. The highest BCUT2D eigenvalue weighted by Crippen LogP contribution is 2.27. The maximum Gasteiger partial charge on any atom is 0.573 e. The van der Waals surface area contributed by atoms with Crippen molar-refractivity contribution in [1.82, 2.24) is 15.3 Å². The van der Waals surface area contributed by atoms with E-state index in [1.807, 2.05) is 0 Å². The standard InChI is InChI=1S/C18H17F4N3O3/c19-11-9-23-17(24-10-11)27-13-7-5-12(6-8-13)25-16(26)14-3-1-2-4-15(14)28-18(20,21)22/h1-4,9-10,12-13H,5-8H2,(H,25,26). The number of ether oxygens (including phenoxy) is 2. The van der Waals surface area contributed by atoms with Crippen molar-refractivity contribution in [3.05, 3.63) is 48.0 Å². The van der Waals surface area contributed by atoms with Crippen LogP contribution in [-0.4, -0.2) is 34.4 Å². The van der Waals surface area contributed by atoms with Crippen LogP contribution in [0.1, 0.15) is 36.0 Å². The maximum absolute atomic E-state index is 12.8. The van der Waals surface area contributed by atoms with Crippen molar-refractivity contribution in [1.29, 1.82) is 0 Å². The van der Waals surface area contributed by atoms with E-state index >= 15 is 0 Å². The number of amides is 1. The van der Waals surface area contributed by atoms with Gasteiger partial charge in [0.25, 0.3) is 5.91 Å². The molecule has 28 heavy (non-hydrogen) atoms. The molecule has 1 aromatic heterocycles. The fourth-order valence-corrected chi connectivity index (χ4v) is 2.97. The zero-order valence-corrected chi connectivity index (χ0v) is 14.6. The van der Waals surface area contributed by atoms with Crippen molar-refractivity contribution in [2.75, 3.05) is 0 Å². The third-order valence-corrected chi connectivity index (χ3v) is 4.24. The normalized spacial score (nSPS) is 19.7. The molecule has 1 aliphatic carbocycles. The third-order valence-electron chi connectivity index (χ3n) is 4.24. The van der Waals surface area contributed by atoms with Gasteiger partial charge in [-0.2, -0.15) is 0 Å². The van der Waals surface area contributed by atoms with Gasteiger partial charge in [0.1, 0.15) is 11.9 Å². The summed E-state index contributed by atoms with van der Waals surface area (Å²) in [4.78, 5) is 19.8. The van der Waals surface area contributed by atoms with Crippen LogP contribution < -0.4 is 14.8 Å². The van der Waals surface area contributed by atoms with Gasteiger partial charge in [0, 0.05) is 6.04 Å². The second kappa shape index (κ2) is 8.41. The summed E-state index contributed by atoms with van der Waals surface area (Å²) >= 11 is 0. The molecule has 1 heterocycles. The number of benzene rings is 1. The Kier molecular flexibility index (Phi) is 5.96. The molecule has 6 nitrogen and oxygen atoms in total. The lowest BCUT2D eigenvalue weighted by Crippen LogP contribution is -2.40. The third kappa shape index (κ3) is 5.54. The lowest BCUT2D eigenvalue weighted by atomic mass is 9.92. The Morgan fingerprint density at radius 3 is 2.36 bits per heavy atom. The zero-order valence-electron chi connectivity index (χ0n) is 14.6. The summed E-state index contributed by atoms with van der Waals surface area (Å²) in [5.41, 5.74) is -0.182. The first-order chi connectivity index (χ1) is 13.3. The molecule has 0 radical (unpaired) electrons. The highest BCUT2D eigenvalue weighted by atomic mass is 19.4. The van der Waals surface area contributed by atoms with E-state index in [4.69, 9.17) is 4.74 Å². The molecule has 1 N–H and O–H groups in total. The molecule has 0 bridgehead atoms. The average molecular weight is 399 g/mol. The van der Waals surface area contributed by atoms with Crippen LogP contribution >= 0.6 is 0 Å². The SMILES string of the molecule is O=C(NC1CCC(Oc2ncc(F)cn2)CC1)c1ccccc1OC(F)(F)F. The van der Waals surface area contributed by atoms with Crippen molar-refractivity contribution in [2.24, 2.45) is 0 Å². The molecule has 1 aliphatic rings. The van der Waals surface area contributed by atoms with E-state index in [2.05, 4.69) is 20.0 Å². The number of halogens is 4. The highest BCUT2D eigenvalue weighted by molar-refractivity contribution is 5.97. The van der Waals surface area contributed by atoms with Gasteiger partial charge in [-0.25, -0.2) is 14.4 Å². The predicted octanol–water partition coefficient (Wildman–Crippen LogP) is 3.63. The van der Waals surface area contributed by atoms with Crippen LogP contribution in [0.5, 0.6) is 11.8 Å². The minimum Gasteiger partial charge on any atom is -0.460 e. The topological polar surface area (TPSA) is 73.3 Å². The molecule has 0 atom stereocenters. The van der Waals surface area contributed by atoms with Crippen LogP contribution in [0.25, 0.3) is 0 Å². The number of carbonyl (C=O) groups is 1. The van der Waals surface area contributed by atoms with Crippen LogP contribution in [0, 0.1) is 5.82 Å². The smallest absolute Gasteiger partial charge is 0.460 e. The number of aromatic nitrogens is 2. The number of para-hydroxylation sites is 1. The minimum absolute atomic E-state index is 0.0760. The molecule has 1 saturated carbocycles. The van der Waals surface area contributed by atoms with Crippen LogP contribution in [0.15, 0.2) is 36.7 Å². The number of rotatable bonds is 5. The summed E-state index contributed by atoms with van der Waals surface area (Å²) in [5, 5.41) is 2.73. The van der Waals surface area contributed by atoms with Gasteiger partial charge in [-0.05, 0) is 37.8 Å². The Hall–Kier alpha value is -2.91. The summed E-state index contributed by atoms with van der Waals surface area (Å²) < 4.78 is 59.8. The van der Waals surface area contributed by atoms with Crippen LogP contribution in [0.4, 0.5) is 17.6 Å². The van der Waals surface area contributed by atoms with Gasteiger partial charge in [-0.3, -0.25) is 4.79 Å². The lowest BCUT2D eigenvalue weighted by molar-refractivity contribution is -0.274. The van der Waals surface area contributed by atoms with Gasteiger partial charge in [0.05, 0.1) is 18.0 Å². The van der Waals surface area contributed by atoms with E-state index in [0.717, 1.165) is 18.5 Å². The highest BCUT2D eigenvalue weighted by Gasteiger charge is 2.33. The Morgan fingerprint density at radius 2 is 1.71 bits per heavy atom. The van der Waals surface area contributed by atoms with Gasteiger partial charge in [0.15, 0.2) is 5.82 Å². The molecule has 0 spiro atoms. The quantitative estimate of drug-likeness (QED) is 0.778. The zero-order chi connectivity index (χ0) is 20.1. The molecule has 1 amide bonds. The second-order valence-corrected chi connectivity index (χ2v) is 6.29. The maximum atomic E-state index is 12.8. The molecule has 1 fully saturated rings. The summed E-state index contributed by atoms with van der Waals surface area (Å²) in [6, 6.07) is 5.06. The fraction of sp³-hybridized carbons (Fsp3) is 0.389. The summed E-state index contributed by atoms with van der Waals surface area (Å²) in [6.45, 7) is 0. The van der Waals surface area contributed by atoms with Crippen LogP contribution in [-0.2, 0) is 0 Å². The molecule has 0 aliphatic heterocycles. The first-order valence-corrected chi connectivity index (χ1v) is 8.60. The van der Waals surface area contributed by atoms with Crippen molar-refractivity contribution in [3.63, 3.8) is 0 Å². The van der Waals surface area contributed by atoms with Crippen molar-refractivity contribution in [2.45, 2.75) is 44.2 Å². The first-order valence-electron chi connectivity index (χ1n) is 8.60. The Bertz CT molecular complexity index is 806. The van der Waals surface area contributed by atoms with Gasteiger partial charge in [0.2, 0.25) is 0 Å². The van der Waals surface area contributed by atoms with Crippen molar-refractivity contribution >= 4 is 5.91 Å². The van der Waals surface area contributed by atoms with E-state index in [0.29, 0.717) is 25.7 Å². The summed E-state index contributed by atoms with van der Waals surface area (Å²) in [6.07, 6.45) is -0.727. The van der Waals surface area contributed by atoms with E-state index in [-0.39, 0.29) is 23.7 Å². The van der Waals surface area contributed by atoms with E-state index < -0.39 is 23.8 Å². The van der Waals surface area contributed by atoms with E-state index in [1.165, 1.54) is 18.2 Å². The largest absolute Gasteiger partial charge is 0.573 e. The Morgan fingerprint density at radius 1 is 1.07 bits per heavy atom. The Balaban J connectivity index is 1.53. The number of nitrogens with one attached hydrogen (secondary N) is 1. The van der Waals surface area contributed by atoms with Crippen LogP contribution in [0.2, 0.25) is 0 Å². The molecule has 0 unspecified atom stereocenters. The van der Waals surface area contributed by atoms with Gasteiger partial charge < -0.3 is 14.8 Å². The molecule has 2 aromatic rings. The predicted molar refractivity (Wildman–Crippen MR) is 89.3 cm³/mol. The van der Waals surface area contributed by atoms with Crippen LogP contribution in [0.3, 0.4) is 0 Å². The Labute approximate surface area is 157 Å². The lowest BCUT2D eigenvalue weighted by Gasteiger charge is -2.29.